The zero-order valence-corrected chi connectivity index (χ0v) is 17.8. The summed E-state index contributed by atoms with van der Waals surface area (Å²) in [7, 11) is 4.50. The number of nitrogens with zero attached hydrogens (tertiary/aromatic N) is 5. The maximum Gasteiger partial charge on any atom is 0.183 e. The number of anilines is 1. The van der Waals surface area contributed by atoms with E-state index in [9.17, 15) is 9.90 Å². The molecule has 1 fully saturated rings. The first kappa shape index (κ1) is 20.3. The number of aliphatic hydroxyl groups is 1. The molecular formula is C22H29N6O2+. The van der Waals surface area contributed by atoms with Crippen LogP contribution < -0.4 is 10.2 Å². The van der Waals surface area contributed by atoms with E-state index in [1.807, 2.05) is 28.9 Å². The lowest BCUT2D eigenvalue weighted by Crippen LogP contribution is -2.55. The van der Waals surface area contributed by atoms with Gasteiger partial charge >= 0.3 is 0 Å². The first-order valence-corrected chi connectivity index (χ1v) is 10.3. The Morgan fingerprint density at radius 3 is 2.73 bits per heavy atom. The summed E-state index contributed by atoms with van der Waals surface area (Å²) in [6.45, 7) is 6.03. The Hall–Kier alpha value is -2.97. The number of hydrogen-bond donors (Lipinski definition) is 2. The van der Waals surface area contributed by atoms with E-state index in [0.29, 0.717) is 23.5 Å². The molecule has 30 heavy (non-hydrogen) atoms. The highest BCUT2D eigenvalue weighted by Crippen LogP contribution is 2.34. The van der Waals surface area contributed by atoms with Crippen LogP contribution in [0.3, 0.4) is 0 Å². The molecule has 0 aromatic carbocycles. The van der Waals surface area contributed by atoms with E-state index in [2.05, 4.69) is 24.3 Å². The second kappa shape index (κ2) is 8.04. The second-order valence-corrected chi connectivity index (χ2v) is 8.47. The fraction of sp³-hybridized carbons (Fsp3) is 0.409. The molecule has 4 rings (SSSR count). The Labute approximate surface area is 176 Å². The molecule has 3 heterocycles. The average Bonchev–Trinajstić information content (AvgIpc) is 3.08. The molecule has 8 nitrogen and oxygen atoms in total. The molecule has 0 radical (unpaired) electrons. The van der Waals surface area contributed by atoms with Gasteiger partial charge in [0.25, 0.3) is 0 Å². The number of allylic oxidation sites excluding steroid dienone is 3. The Morgan fingerprint density at radius 2 is 2.00 bits per heavy atom. The maximum atomic E-state index is 12.2. The summed E-state index contributed by atoms with van der Waals surface area (Å²) in [6, 6.07) is 5.94. The molecular weight excluding hydrogens is 380 g/mol. The van der Waals surface area contributed by atoms with Crippen molar-refractivity contribution in [2.75, 3.05) is 58.3 Å². The standard InChI is InChI=1S/C22H28N6O2/c1-16-14-18(17(15-20(16)30)23-7-13-29)24-21-19-6-4-5-8-27(19)25-22(21)26-9-11-28(2,3)12-10-26/h4-6,8,14-15,29H,7,9-13H2,1-3H3/p+1/b24-18+. The molecule has 0 bridgehead atoms. The average molecular weight is 410 g/mol. The molecule has 2 aromatic heterocycles. The fourth-order valence-electron chi connectivity index (χ4n) is 3.73. The van der Waals surface area contributed by atoms with Crippen LogP contribution in [0.2, 0.25) is 0 Å². The van der Waals surface area contributed by atoms with Crippen LogP contribution >= 0.6 is 0 Å². The van der Waals surface area contributed by atoms with E-state index in [1.165, 1.54) is 0 Å². The Kier molecular flexibility index (Phi) is 5.44. The summed E-state index contributed by atoms with van der Waals surface area (Å²) in [6.07, 6.45) is 5.28. The Balaban J connectivity index is 1.79. The number of rotatable bonds is 5. The van der Waals surface area contributed by atoms with E-state index in [4.69, 9.17) is 10.1 Å². The maximum absolute atomic E-state index is 12.2. The molecule has 0 amide bonds. The van der Waals surface area contributed by atoms with Gasteiger partial charge in [-0.05, 0) is 30.7 Å². The van der Waals surface area contributed by atoms with E-state index in [1.54, 1.807) is 19.1 Å². The van der Waals surface area contributed by atoms with E-state index < -0.39 is 0 Å². The van der Waals surface area contributed by atoms with Crippen molar-refractivity contribution in [3.05, 3.63) is 47.8 Å². The molecule has 2 aromatic rings. The number of likely N-dealkylation sites (N-methyl/N-ethyl adjacent to an activating group) is 1. The highest BCUT2D eigenvalue weighted by molar-refractivity contribution is 6.22. The zero-order valence-electron chi connectivity index (χ0n) is 17.8. The number of aliphatic imine (C=N–C) groups is 1. The van der Waals surface area contributed by atoms with Gasteiger partial charge in [0.05, 0.1) is 63.8 Å². The number of nitrogens with one attached hydrogen (secondary N) is 1. The molecule has 1 aliphatic carbocycles. The van der Waals surface area contributed by atoms with Gasteiger partial charge in [0, 0.05) is 18.8 Å². The summed E-state index contributed by atoms with van der Waals surface area (Å²) in [4.78, 5) is 19.5. The third kappa shape index (κ3) is 4.01. The molecule has 0 spiro atoms. The number of ketones is 1. The number of aromatic nitrogens is 2. The summed E-state index contributed by atoms with van der Waals surface area (Å²) < 4.78 is 2.86. The monoisotopic (exact) mass is 409 g/mol. The van der Waals surface area contributed by atoms with Crippen molar-refractivity contribution >= 4 is 28.5 Å². The first-order chi connectivity index (χ1) is 14.4. The highest BCUT2D eigenvalue weighted by Gasteiger charge is 2.28. The lowest BCUT2D eigenvalue weighted by molar-refractivity contribution is -0.890. The number of carbonyl (C=O) groups excluding carboxylic acids is 1. The van der Waals surface area contributed by atoms with Gasteiger partial charge in [-0.3, -0.25) is 4.79 Å². The van der Waals surface area contributed by atoms with Crippen molar-refractivity contribution in [3.63, 3.8) is 0 Å². The number of quaternary nitrogens is 1. The second-order valence-electron chi connectivity index (χ2n) is 8.47. The van der Waals surface area contributed by atoms with Gasteiger partial charge in [0.2, 0.25) is 0 Å². The molecule has 2 aliphatic rings. The molecule has 0 unspecified atom stereocenters. The van der Waals surface area contributed by atoms with Crippen LogP contribution in [0.5, 0.6) is 0 Å². The van der Waals surface area contributed by atoms with Crippen LogP contribution in [0.4, 0.5) is 11.5 Å². The van der Waals surface area contributed by atoms with Crippen LogP contribution in [-0.2, 0) is 4.79 Å². The van der Waals surface area contributed by atoms with Crippen LogP contribution in [0.1, 0.15) is 6.92 Å². The minimum atomic E-state index is -0.0505. The number of aliphatic hydroxyl groups excluding tert-OH is 1. The van der Waals surface area contributed by atoms with Crippen molar-refractivity contribution in [1.29, 1.82) is 0 Å². The highest BCUT2D eigenvalue weighted by atomic mass is 16.3. The van der Waals surface area contributed by atoms with Crippen molar-refractivity contribution in [1.82, 2.24) is 14.9 Å². The van der Waals surface area contributed by atoms with Gasteiger partial charge in [-0.25, -0.2) is 9.51 Å². The fourth-order valence-corrected chi connectivity index (χ4v) is 3.73. The number of piperazine rings is 1. The van der Waals surface area contributed by atoms with E-state index in [0.717, 1.165) is 47.7 Å². The van der Waals surface area contributed by atoms with Crippen molar-refractivity contribution in [3.8, 4) is 0 Å². The van der Waals surface area contributed by atoms with Gasteiger partial charge in [-0.1, -0.05) is 6.07 Å². The van der Waals surface area contributed by atoms with Crippen LogP contribution in [0, 0.1) is 0 Å². The third-order valence-electron chi connectivity index (χ3n) is 5.70. The van der Waals surface area contributed by atoms with Crippen LogP contribution in [0.15, 0.2) is 52.8 Å². The van der Waals surface area contributed by atoms with Crippen molar-refractivity contribution in [2.24, 2.45) is 4.99 Å². The molecule has 1 saturated heterocycles. The predicted octanol–water partition coefficient (Wildman–Crippen LogP) is 1.30. The quantitative estimate of drug-likeness (QED) is 0.575. The molecule has 1 aliphatic heterocycles. The lowest BCUT2D eigenvalue weighted by atomic mass is 10.0. The Bertz CT molecular complexity index is 1050. The number of hydrogen-bond acceptors (Lipinski definition) is 6. The predicted molar refractivity (Wildman–Crippen MR) is 118 cm³/mol. The third-order valence-corrected chi connectivity index (χ3v) is 5.70. The molecule has 0 atom stereocenters. The van der Waals surface area contributed by atoms with Gasteiger partial charge in [-0.2, -0.15) is 0 Å². The summed E-state index contributed by atoms with van der Waals surface area (Å²) >= 11 is 0. The molecule has 158 valence electrons. The Morgan fingerprint density at radius 1 is 1.23 bits per heavy atom. The summed E-state index contributed by atoms with van der Waals surface area (Å²) in [5, 5.41) is 17.2. The van der Waals surface area contributed by atoms with Crippen LogP contribution in [0.25, 0.3) is 5.52 Å². The van der Waals surface area contributed by atoms with Crippen LogP contribution in [-0.4, -0.2) is 84.1 Å². The summed E-state index contributed by atoms with van der Waals surface area (Å²) in [5.41, 5.74) is 3.65. The number of fused-ring (bicyclic) bond motifs is 1. The first-order valence-electron chi connectivity index (χ1n) is 10.3. The zero-order chi connectivity index (χ0) is 21.3. The number of pyridine rings is 1. The molecule has 0 saturated carbocycles. The normalized spacial score (nSPS) is 20.5. The minimum Gasteiger partial charge on any atom is -0.395 e. The summed E-state index contributed by atoms with van der Waals surface area (Å²) in [5.74, 6) is 0.809. The van der Waals surface area contributed by atoms with E-state index >= 15 is 0 Å². The molecule has 8 heteroatoms. The lowest BCUT2D eigenvalue weighted by Gasteiger charge is -2.39. The van der Waals surface area contributed by atoms with Gasteiger partial charge in [0.15, 0.2) is 11.6 Å². The van der Waals surface area contributed by atoms with Gasteiger partial charge in [-0.15, -0.1) is 5.10 Å². The van der Waals surface area contributed by atoms with Crippen molar-refractivity contribution in [2.45, 2.75) is 6.92 Å². The topological polar surface area (TPSA) is 82.2 Å². The van der Waals surface area contributed by atoms with E-state index in [-0.39, 0.29) is 12.4 Å². The molecule has 2 N–H and O–H groups in total. The number of carbonyl (C=O) groups is 1. The van der Waals surface area contributed by atoms with Gasteiger partial charge in [0.1, 0.15) is 5.69 Å². The van der Waals surface area contributed by atoms with Gasteiger partial charge < -0.3 is 19.8 Å². The largest absolute Gasteiger partial charge is 0.395 e. The minimum absolute atomic E-state index is 0.0225. The SMILES string of the molecule is CC1=C/C(=N\c2c(N3CC[N+](C)(C)CC3)nn3ccccc23)C(NCCO)=CC1=O. The van der Waals surface area contributed by atoms with Crippen molar-refractivity contribution < 1.29 is 14.4 Å². The smallest absolute Gasteiger partial charge is 0.183 e.